The summed E-state index contributed by atoms with van der Waals surface area (Å²) < 4.78 is 4.75. The highest BCUT2D eigenvalue weighted by Gasteiger charge is 2.24. The molecule has 1 aliphatic heterocycles. The van der Waals surface area contributed by atoms with Crippen LogP contribution in [0.25, 0.3) is 11.6 Å². The smallest absolute Gasteiger partial charge is 0.357 e. The number of H-pyrrole nitrogens is 1. The number of nitrogens with zero attached hydrogens (tertiary/aromatic N) is 3. The normalized spacial score (nSPS) is 13.4. The average molecular weight is 245 g/mol. The van der Waals surface area contributed by atoms with Crippen LogP contribution in [0.2, 0.25) is 0 Å². The molecule has 18 heavy (non-hydrogen) atoms. The first-order chi connectivity index (χ1) is 8.79. The van der Waals surface area contributed by atoms with Crippen LogP contribution in [0.1, 0.15) is 21.7 Å². The van der Waals surface area contributed by atoms with Crippen LogP contribution in [0.15, 0.2) is 12.4 Å². The van der Waals surface area contributed by atoms with E-state index in [1.807, 2.05) is 0 Å². The fourth-order valence-electron chi connectivity index (χ4n) is 1.93. The summed E-state index contributed by atoms with van der Waals surface area (Å²) in [6, 6.07) is 0. The Morgan fingerprint density at radius 3 is 3.00 bits per heavy atom. The number of hydrogen-bond donors (Lipinski definition) is 2. The molecule has 1 aliphatic rings. The molecule has 0 saturated carbocycles. The van der Waals surface area contributed by atoms with Crippen LogP contribution in [0.3, 0.4) is 0 Å². The van der Waals surface area contributed by atoms with Crippen molar-refractivity contribution in [3.05, 3.63) is 29.3 Å². The van der Waals surface area contributed by atoms with E-state index in [2.05, 4.69) is 25.3 Å². The number of nitrogens with one attached hydrogen (secondary N) is 2. The van der Waals surface area contributed by atoms with E-state index in [4.69, 9.17) is 4.74 Å². The fourth-order valence-corrected chi connectivity index (χ4v) is 1.93. The number of hydrogen-bond acceptors (Lipinski definition) is 6. The number of aromatic amines is 1. The average Bonchev–Trinajstić information content (AvgIpc) is 3.06. The van der Waals surface area contributed by atoms with Crippen molar-refractivity contribution in [2.24, 2.45) is 0 Å². The molecule has 0 saturated heterocycles. The van der Waals surface area contributed by atoms with Gasteiger partial charge < -0.3 is 15.0 Å². The lowest BCUT2D eigenvalue weighted by Crippen LogP contribution is -2.12. The highest BCUT2D eigenvalue weighted by molar-refractivity contribution is 5.89. The van der Waals surface area contributed by atoms with E-state index < -0.39 is 5.97 Å². The number of fused-ring (bicyclic) bond motifs is 1. The maximum absolute atomic E-state index is 11.7. The van der Waals surface area contributed by atoms with Gasteiger partial charge in [-0.2, -0.15) is 0 Å². The fraction of sp³-hybridized carbons (Fsp3) is 0.273. The summed E-state index contributed by atoms with van der Waals surface area (Å²) in [7, 11) is 1.34. The Labute approximate surface area is 103 Å². The maximum Gasteiger partial charge on any atom is 0.357 e. The summed E-state index contributed by atoms with van der Waals surface area (Å²) in [6.45, 7) is 1.20. The van der Waals surface area contributed by atoms with Gasteiger partial charge in [0.05, 0.1) is 12.8 Å². The minimum absolute atomic E-state index is 0.305. The molecule has 0 aromatic carbocycles. The Hall–Kier alpha value is -2.28. The van der Waals surface area contributed by atoms with E-state index >= 15 is 0 Å². The van der Waals surface area contributed by atoms with Crippen LogP contribution in [-0.4, -0.2) is 33.0 Å². The Balaban J connectivity index is 2.16. The summed E-state index contributed by atoms with van der Waals surface area (Å²) in [5, 5.41) is 3.14. The van der Waals surface area contributed by atoms with Gasteiger partial charge in [0.2, 0.25) is 0 Å². The monoisotopic (exact) mass is 245 g/mol. The summed E-state index contributed by atoms with van der Waals surface area (Å²) in [5.41, 5.74) is 1.92. The molecule has 0 spiro atoms. The highest BCUT2D eigenvalue weighted by Crippen LogP contribution is 2.21. The zero-order valence-electron chi connectivity index (χ0n) is 9.73. The predicted octanol–water partition coefficient (Wildman–Crippen LogP) is 0.256. The van der Waals surface area contributed by atoms with Crippen molar-refractivity contribution in [2.45, 2.75) is 13.1 Å². The van der Waals surface area contributed by atoms with Gasteiger partial charge in [-0.1, -0.05) is 0 Å². The molecule has 3 rings (SSSR count). The van der Waals surface area contributed by atoms with Crippen LogP contribution < -0.4 is 5.32 Å². The minimum atomic E-state index is -0.454. The number of imidazole rings is 1. The van der Waals surface area contributed by atoms with Crippen molar-refractivity contribution in [1.82, 2.24) is 25.3 Å². The first-order valence-electron chi connectivity index (χ1n) is 5.48. The molecular weight excluding hydrogens is 234 g/mol. The van der Waals surface area contributed by atoms with Gasteiger partial charge in [0.25, 0.3) is 0 Å². The topological polar surface area (TPSA) is 92.8 Å². The molecule has 2 aromatic rings. The zero-order chi connectivity index (χ0) is 12.5. The standard InChI is InChI=1S/C11H11N5O2/c1-18-11(17)8-6-4-12-5-7(6)15-10(16-8)9-13-2-3-14-9/h2-3,12H,4-5H2,1H3,(H,13,14). The molecule has 3 heterocycles. The lowest BCUT2D eigenvalue weighted by molar-refractivity contribution is 0.0592. The molecule has 0 bridgehead atoms. The number of carbonyl (C=O) groups is 1. The predicted molar refractivity (Wildman–Crippen MR) is 61.5 cm³/mol. The second-order valence-electron chi connectivity index (χ2n) is 3.85. The minimum Gasteiger partial charge on any atom is -0.464 e. The molecule has 0 amide bonds. The lowest BCUT2D eigenvalue weighted by Gasteiger charge is -2.06. The lowest BCUT2D eigenvalue weighted by atomic mass is 10.2. The molecule has 0 unspecified atom stereocenters. The Kier molecular flexibility index (Phi) is 2.52. The van der Waals surface area contributed by atoms with Gasteiger partial charge in [0, 0.05) is 31.0 Å². The third-order valence-corrected chi connectivity index (χ3v) is 2.78. The van der Waals surface area contributed by atoms with E-state index in [0.717, 1.165) is 11.3 Å². The Morgan fingerprint density at radius 2 is 2.28 bits per heavy atom. The second-order valence-corrected chi connectivity index (χ2v) is 3.85. The number of ether oxygens (including phenoxy) is 1. The summed E-state index contributed by atoms with van der Waals surface area (Å²) in [4.78, 5) is 27.4. The second kappa shape index (κ2) is 4.19. The SMILES string of the molecule is COC(=O)c1nc(-c2ncc[nH]2)nc2c1CNC2. The van der Waals surface area contributed by atoms with Gasteiger partial charge in [-0.15, -0.1) is 0 Å². The molecular formula is C11H11N5O2. The van der Waals surface area contributed by atoms with Crippen molar-refractivity contribution < 1.29 is 9.53 Å². The first kappa shape index (κ1) is 10.8. The maximum atomic E-state index is 11.7. The quantitative estimate of drug-likeness (QED) is 0.737. The van der Waals surface area contributed by atoms with Crippen LogP contribution in [0.5, 0.6) is 0 Å². The highest BCUT2D eigenvalue weighted by atomic mass is 16.5. The van der Waals surface area contributed by atoms with E-state index in [1.54, 1.807) is 12.4 Å². The zero-order valence-corrected chi connectivity index (χ0v) is 9.73. The van der Waals surface area contributed by atoms with Gasteiger partial charge in [-0.05, 0) is 0 Å². The largest absolute Gasteiger partial charge is 0.464 e. The molecule has 7 nitrogen and oxygen atoms in total. The number of aromatic nitrogens is 4. The van der Waals surface area contributed by atoms with Crippen LogP contribution in [0.4, 0.5) is 0 Å². The molecule has 0 atom stereocenters. The number of rotatable bonds is 2. The Morgan fingerprint density at radius 1 is 1.39 bits per heavy atom. The number of carbonyl (C=O) groups excluding carboxylic acids is 1. The van der Waals surface area contributed by atoms with Crippen molar-refractivity contribution >= 4 is 5.97 Å². The van der Waals surface area contributed by atoms with Crippen LogP contribution in [-0.2, 0) is 17.8 Å². The summed E-state index contributed by atoms with van der Waals surface area (Å²) in [6.07, 6.45) is 3.30. The van der Waals surface area contributed by atoms with Crippen molar-refractivity contribution in [1.29, 1.82) is 0 Å². The van der Waals surface area contributed by atoms with Gasteiger partial charge in [-0.25, -0.2) is 19.7 Å². The molecule has 0 aliphatic carbocycles. The van der Waals surface area contributed by atoms with Gasteiger partial charge >= 0.3 is 5.97 Å². The van der Waals surface area contributed by atoms with Gasteiger partial charge in [0.15, 0.2) is 17.3 Å². The molecule has 92 valence electrons. The molecule has 2 N–H and O–H groups in total. The first-order valence-corrected chi connectivity index (χ1v) is 5.48. The van der Waals surface area contributed by atoms with E-state index in [0.29, 0.717) is 30.4 Å². The van der Waals surface area contributed by atoms with Crippen molar-refractivity contribution in [3.8, 4) is 11.6 Å². The van der Waals surface area contributed by atoms with E-state index in [1.165, 1.54) is 7.11 Å². The third-order valence-electron chi connectivity index (χ3n) is 2.78. The summed E-state index contributed by atoms with van der Waals surface area (Å²) >= 11 is 0. The van der Waals surface area contributed by atoms with Gasteiger partial charge in [0.1, 0.15) is 0 Å². The summed E-state index contributed by atoms with van der Waals surface area (Å²) in [5.74, 6) is 0.489. The number of esters is 1. The van der Waals surface area contributed by atoms with E-state index in [9.17, 15) is 4.79 Å². The van der Waals surface area contributed by atoms with Crippen LogP contribution >= 0.6 is 0 Å². The number of methoxy groups -OCH3 is 1. The van der Waals surface area contributed by atoms with Crippen LogP contribution in [0, 0.1) is 0 Å². The van der Waals surface area contributed by atoms with E-state index in [-0.39, 0.29) is 0 Å². The molecule has 0 radical (unpaired) electrons. The van der Waals surface area contributed by atoms with Crippen molar-refractivity contribution in [3.63, 3.8) is 0 Å². The third kappa shape index (κ3) is 1.65. The van der Waals surface area contributed by atoms with Crippen molar-refractivity contribution in [2.75, 3.05) is 7.11 Å². The molecule has 2 aromatic heterocycles. The molecule has 7 heteroatoms. The Bertz CT molecular complexity index is 594. The van der Waals surface area contributed by atoms with Gasteiger partial charge in [-0.3, -0.25) is 0 Å². The molecule has 0 fully saturated rings.